The molecule has 0 saturated heterocycles. The SMILES string of the molecule is O=[N+]([O-])c1cnc(F)c(C(F)F)c1F. The zero-order valence-corrected chi connectivity index (χ0v) is 6.38. The number of hydrogen-bond donors (Lipinski definition) is 0. The topological polar surface area (TPSA) is 56.0 Å². The second kappa shape index (κ2) is 3.56. The Kier molecular flexibility index (Phi) is 2.63. The fourth-order valence-corrected chi connectivity index (χ4v) is 0.786. The van der Waals surface area contributed by atoms with Gasteiger partial charge < -0.3 is 0 Å². The van der Waals surface area contributed by atoms with Crippen LogP contribution < -0.4 is 0 Å². The summed E-state index contributed by atoms with van der Waals surface area (Å²) in [5.41, 5.74) is -2.96. The van der Waals surface area contributed by atoms with E-state index in [1.54, 1.807) is 0 Å². The number of hydrogen-bond acceptors (Lipinski definition) is 3. The van der Waals surface area contributed by atoms with E-state index in [1.807, 2.05) is 0 Å². The zero-order valence-electron chi connectivity index (χ0n) is 6.38. The van der Waals surface area contributed by atoms with Crippen molar-refractivity contribution in [2.75, 3.05) is 0 Å². The Morgan fingerprint density at radius 1 is 1.43 bits per heavy atom. The van der Waals surface area contributed by atoms with Gasteiger partial charge >= 0.3 is 5.69 Å². The molecule has 0 amide bonds. The summed E-state index contributed by atoms with van der Waals surface area (Å²) in [5, 5.41) is 10.1. The van der Waals surface area contributed by atoms with Gasteiger partial charge in [-0.05, 0) is 0 Å². The summed E-state index contributed by atoms with van der Waals surface area (Å²) in [6.07, 6.45) is -3.24. The molecule has 1 rings (SSSR count). The van der Waals surface area contributed by atoms with Gasteiger partial charge in [0.05, 0.1) is 4.92 Å². The van der Waals surface area contributed by atoms with Crippen molar-refractivity contribution in [1.82, 2.24) is 4.98 Å². The van der Waals surface area contributed by atoms with Crippen LogP contribution in [0, 0.1) is 21.9 Å². The van der Waals surface area contributed by atoms with Crippen molar-refractivity contribution in [1.29, 1.82) is 0 Å². The molecule has 1 aromatic rings. The second-order valence-corrected chi connectivity index (χ2v) is 2.22. The first-order valence-corrected chi connectivity index (χ1v) is 3.21. The molecule has 4 nitrogen and oxygen atoms in total. The van der Waals surface area contributed by atoms with Crippen molar-refractivity contribution in [3.63, 3.8) is 0 Å². The molecule has 0 aliphatic rings. The highest BCUT2D eigenvalue weighted by Crippen LogP contribution is 2.28. The van der Waals surface area contributed by atoms with Gasteiger partial charge in [-0.25, -0.2) is 13.8 Å². The third-order valence-electron chi connectivity index (χ3n) is 1.40. The maximum Gasteiger partial charge on any atom is 0.323 e. The molecule has 76 valence electrons. The minimum atomic E-state index is -3.48. The average Bonchev–Trinajstić information content (AvgIpc) is 2.02. The maximum absolute atomic E-state index is 12.8. The molecule has 1 heterocycles. The lowest BCUT2D eigenvalue weighted by molar-refractivity contribution is -0.388. The Hall–Kier alpha value is -1.73. The number of pyridine rings is 1. The van der Waals surface area contributed by atoms with E-state index >= 15 is 0 Å². The van der Waals surface area contributed by atoms with Gasteiger partial charge in [0.1, 0.15) is 11.8 Å². The second-order valence-electron chi connectivity index (χ2n) is 2.22. The van der Waals surface area contributed by atoms with E-state index in [2.05, 4.69) is 4.98 Å². The number of aromatic nitrogens is 1. The van der Waals surface area contributed by atoms with Gasteiger partial charge in [-0.15, -0.1) is 0 Å². The van der Waals surface area contributed by atoms with E-state index in [4.69, 9.17) is 0 Å². The van der Waals surface area contributed by atoms with Crippen LogP contribution in [0.25, 0.3) is 0 Å². The van der Waals surface area contributed by atoms with Gasteiger partial charge in [0.25, 0.3) is 6.43 Å². The van der Waals surface area contributed by atoms with Gasteiger partial charge in [0.15, 0.2) is 0 Å². The summed E-state index contributed by atoms with van der Waals surface area (Å²) in [4.78, 5) is 11.5. The zero-order chi connectivity index (χ0) is 10.9. The highest BCUT2D eigenvalue weighted by molar-refractivity contribution is 5.34. The van der Waals surface area contributed by atoms with Crippen LogP contribution >= 0.6 is 0 Å². The van der Waals surface area contributed by atoms with Crippen molar-refractivity contribution >= 4 is 5.69 Å². The fourth-order valence-electron chi connectivity index (χ4n) is 0.786. The van der Waals surface area contributed by atoms with E-state index in [9.17, 15) is 27.7 Å². The van der Waals surface area contributed by atoms with E-state index < -0.39 is 34.4 Å². The van der Waals surface area contributed by atoms with E-state index in [0.29, 0.717) is 0 Å². The Labute approximate surface area is 74.3 Å². The molecule has 0 bridgehead atoms. The van der Waals surface area contributed by atoms with Gasteiger partial charge in [0, 0.05) is 0 Å². The lowest BCUT2D eigenvalue weighted by Crippen LogP contribution is -2.03. The van der Waals surface area contributed by atoms with Crippen molar-refractivity contribution in [3.05, 3.63) is 33.6 Å². The first-order valence-electron chi connectivity index (χ1n) is 3.21. The molecule has 0 N–H and O–H groups in total. The molecule has 0 aliphatic carbocycles. The molecule has 0 atom stereocenters. The van der Waals surface area contributed by atoms with Crippen molar-refractivity contribution in [2.45, 2.75) is 6.43 Å². The molecular formula is C6H2F4N2O2. The smallest absolute Gasteiger partial charge is 0.258 e. The predicted octanol–water partition coefficient (Wildman–Crippen LogP) is 2.21. The van der Waals surface area contributed by atoms with Crippen LogP contribution in [0.15, 0.2) is 6.20 Å². The van der Waals surface area contributed by atoms with Crippen LogP contribution in [0.5, 0.6) is 0 Å². The van der Waals surface area contributed by atoms with Gasteiger partial charge in [-0.3, -0.25) is 10.1 Å². The molecule has 14 heavy (non-hydrogen) atoms. The van der Waals surface area contributed by atoms with Crippen molar-refractivity contribution in [3.8, 4) is 0 Å². The molecule has 1 aromatic heterocycles. The number of halogens is 4. The Morgan fingerprint density at radius 3 is 2.43 bits per heavy atom. The minimum Gasteiger partial charge on any atom is -0.258 e. The summed E-state index contributed by atoms with van der Waals surface area (Å²) < 4.78 is 49.3. The molecule has 0 fully saturated rings. The van der Waals surface area contributed by atoms with Crippen LogP contribution in [0.1, 0.15) is 12.0 Å². The van der Waals surface area contributed by atoms with Crippen LogP contribution in [-0.4, -0.2) is 9.91 Å². The standard InChI is InChI=1S/C6H2F4N2O2/c7-4-2(12(13)14)1-11-6(10)3(4)5(8)9/h1,5H. The first kappa shape index (κ1) is 10.4. The summed E-state index contributed by atoms with van der Waals surface area (Å²) in [6.45, 7) is 0. The van der Waals surface area contributed by atoms with E-state index in [1.165, 1.54) is 0 Å². The number of alkyl halides is 2. The van der Waals surface area contributed by atoms with Crippen molar-refractivity contribution in [2.24, 2.45) is 0 Å². The van der Waals surface area contributed by atoms with Gasteiger partial charge in [0.2, 0.25) is 11.8 Å². The number of nitro groups is 1. The summed E-state index contributed by atoms with van der Waals surface area (Å²) in [6, 6.07) is 0. The molecule has 0 saturated carbocycles. The monoisotopic (exact) mass is 210 g/mol. The van der Waals surface area contributed by atoms with Crippen LogP contribution in [-0.2, 0) is 0 Å². The summed E-state index contributed by atoms with van der Waals surface area (Å²) >= 11 is 0. The lowest BCUT2D eigenvalue weighted by Gasteiger charge is -2.02. The Morgan fingerprint density at radius 2 is 2.00 bits per heavy atom. The molecule has 0 aliphatic heterocycles. The number of nitrogens with zero attached hydrogens (tertiary/aromatic N) is 2. The van der Waals surface area contributed by atoms with Crippen LogP contribution in [0.3, 0.4) is 0 Å². The molecule has 8 heteroatoms. The van der Waals surface area contributed by atoms with Crippen LogP contribution in [0.2, 0.25) is 0 Å². The minimum absolute atomic E-state index is 0.247. The molecule has 0 radical (unpaired) electrons. The van der Waals surface area contributed by atoms with Gasteiger partial charge in [-0.2, -0.15) is 8.78 Å². The fraction of sp³-hybridized carbons (Fsp3) is 0.167. The quantitative estimate of drug-likeness (QED) is 0.325. The molecule has 0 spiro atoms. The number of rotatable bonds is 2. The third-order valence-corrected chi connectivity index (χ3v) is 1.40. The summed E-state index contributed by atoms with van der Waals surface area (Å²) in [5.74, 6) is -3.64. The highest BCUT2D eigenvalue weighted by atomic mass is 19.3. The van der Waals surface area contributed by atoms with E-state index in [0.717, 1.165) is 0 Å². The first-order chi connectivity index (χ1) is 6.45. The lowest BCUT2D eigenvalue weighted by atomic mass is 10.2. The predicted molar refractivity (Wildman–Crippen MR) is 35.8 cm³/mol. The molecule has 0 unspecified atom stereocenters. The van der Waals surface area contributed by atoms with Crippen molar-refractivity contribution < 1.29 is 22.5 Å². The Balaban J connectivity index is 3.41. The largest absolute Gasteiger partial charge is 0.323 e. The maximum atomic E-state index is 12.8. The van der Waals surface area contributed by atoms with E-state index in [-0.39, 0.29) is 6.20 Å². The normalized spacial score (nSPS) is 10.6. The highest BCUT2D eigenvalue weighted by Gasteiger charge is 2.28. The summed E-state index contributed by atoms with van der Waals surface area (Å²) in [7, 11) is 0. The third kappa shape index (κ3) is 1.63. The molecular weight excluding hydrogens is 208 g/mol. The molecule has 0 aromatic carbocycles. The Bertz CT molecular complexity index is 382. The van der Waals surface area contributed by atoms with Crippen LogP contribution in [0.4, 0.5) is 23.2 Å². The average molecular weight is 210 g/mol. The van der Waals surface area contributed by atoms with Gasteiger partial charge in [-0.1, -0.05) is 0 Å².